The molecule has 100 heavy (non-hydrogen) atoms. The van der Waals surface area contributed by atoms with Crippen LogP contribution in [0.4, 0.5) is 0 Å². The van der Waals surface area contributed by atoms with Gasteiger partial charge in [0.05, 0.1) is 0 Å². The summed E-state index contributed by atoms with van der Waals surface area (Å²) in [4.78, 5) is 0. The first-order chi connectivity index (χ1) is 48.6. The van der Waals surface area contributed by atoms with E-state index < -0.39 is 33.6 Å². The number of hydrogen-bond donors (Lipinski definition) is 8. The van der Waals surface area contributed by atoms with Crippen molar-refractivity contribution in [2.45, 2.75) is 33.6 Å². The minimum Gasteiger partial charge on any atom is -0.508 e. The van der Waals surface area contributed by atoms with Gasteiger partial charge in [-0.25, -0.2) is 0 Å². The van der Waals surface area contributed by atoms with Gasteiger partial charge in [0.25, 0.3) is 0 Å². The third-order valence-electron chi connectivity index (χ3n) is 23.4. The van der Waals surface area contributed by atoms with Crippen LogP contribution in [-0.2, 0) is 33.6 Å². The Balaban J connectivity index is 0.656. The van der Waals surface area contributed by atoms with Crippen LogP contribution >= 0.6 is 0 Å². The van der Waals surface area contributed by atoms with Gasteiger partial charge < -0.3 is 40.9 Å². The van der Waals surface area contributed by atoms with Gasteiger partial charge in [-0.05, 0) is 194 Å². The van der Waals surface area contributed by atoms with Crippen molar-refractivity contribution in [1.29, 1.82) is 0 Å². The topological polar surface area (TPSA) is 162 Å². The number of fused-ring (bicyclic) bond motifs is 20. The molecular weight excluding hydrogens is 1230 g/mol. The molecule has 6 unspecified atom stereocenters. The number of hydrogen-bond acceptors (Lipinski definition) is 8. The second-order valence-corrected chi connectivity index (χ2v) is 28.0. The molecule has 0 heterocycles. The Bertz CT molecular complexity index is 5820. The largest absolute Gasteiger partial charge is 0.508 e. The summed E-state index contributed by atoms with van der Waals surface area (Å²) in [7, 11) is 0. The van der Waals surface area contributed by atoms with Gasteiger partial charge in [0.2, 0.25) is 0 Å². The highest BCUT2D eigenvalue weighted by Gasteiger charge is 2.54. The summed E-state index contributed by atoms with van der Waals surface area (Å²) in [5, 5.41) is 106. The molecule has 474 valence electrons. The third-order valence-corrected chi connectivity index (χ3v) is 23.4. The van der Waals surface area contributed by atoms with Crippen LogP contribution in [0.1, 0.15) is 100 Å². The van der Waals surface area contributed by atoms with Gasteiger partial charge in [0.15, 0.2) is 0 Å². The molecule has 0 bridgehead atoms. The highest BCUT2D eigenvalue weighted by atomic mass is 16.3. The fourth-order valence-electron chi connectivity index (χ4n) is 18.7. The molecule has 0 amide bonds. The lowest BCUT2D eigenvalue weighted by Crippen LogP contribution is -2.29. The van der Waals surface area contributed by atoms with Gasteiger partial charge in [0, 0.05) is 66.8 Å². The van der Waals surface area contributed by atoms with Crippen molar-refractivity contribution >= 4 is 21.5 Å². The molecule has 8 nitrogen and oxygen atoms in total. The zero-order valence-electron chi connectivity index (χ0n) is 53.4. The van der Waals surface area contributed by atoms with Gasteiger partial charge >= 0.3 is 0 Å². The minimum atomic E-state index is -1.67. The lowest BCUT2D eigenvalue weighted by atomic mass is 9.78. The molecule has 6 aliphatic carbocycles. The number of phenolic OH excluding ortho intramolecular Hbond substituents is 2. The van der Waals surface area contributed by atoms with Crippen molar-refractivity contribution in [3.05, 3.63) is 403 Å². The molecule has 0 radical (unpaired) electrons. The van der Waals surface area contributed by atoms with Crippen LogP contribution in [0, 0.1) is 0 Å². The van der Waals surface area contributed by atoms with Crippen LogP contribution in [0.3, 0.4) is 0 Å². The molecule has 6 aliphatic rings. The van der Waals surface area contributed by atoms with Gasteiger partial charge in [-0.15, -0.1) is 0 Å². The fourth-order valence-corrected chi connectivity index (χ4v) is 18.7. The first-order valence-electron chi connectivity index (χ1n) is 33.8. The first-order valence-corrected chi connectivity index (χ1v) is 33.8. The maximum absolute atomic E-state index is 13.9. The van der Waals surface area contributed by atoms with Crippen LogP contribution in [0.15, 0.2) is 303 Å². The Labute approximate surface area is 574 Å². The Hall–Kier alpha value is -11.8. The van der Waals surface area contributed by atoms with E-state index in [0.717, 1.165) is 99.4 Å². The van der Waals surface area contributed by atoms with E-state index in [0.29, 0.717) is 89.0 Å². The molecule has 8 heteroatoms. The van der Waals surface area contributed by atoms with E-state index >= 15 is 0 Å². The zero-order chi connectivity index (χ0) is 67.1. The summed E-state index contributed by atoms with van der Waals surface area (Å²) >= 11 is 0. The van der Waals surface area contributed by atoms with Gasteiger partial charge in [-0.3, -0.25) is 0 Å². The van der Waals surface area contributed by atoms with E-state index in [1.165, 1.54) is 0 Å². The van der Waals surface area contributed by atoms with Crippen molar-refractivity contribution in [3.8, 4) is 78.3 Å². The lowest BCUT2D eigenvalue weighted by molar-refractivity contribution is 0.125. The Morgan fingerprint density at radius 2 is 0.330 bits per heavy atom. The van der Waals surface area contributed by atoms with Gasteiger partial charge in [0.1, 0.15) is 45.1 Å². The number of phenols is 2. The van der Waals surface area contributed by atoms with E-state index in [2.05, 4.69) is 0 Å². The standard InChI is InChI=1S/C92H58O8/c93-61-39-27-51-41-59(29-25-53(51)43-61)91(99)79-23-11-5-17-67(79)73-47-83-71(49-85(73)91)65-15-3-9-21-77(65)89(83,97)57-35-31-55(32-36-57)87(95)75-19-7-1-13-63(75)69-45-82-70(46-81(69)87)64-14-2-8-20-76(64)88(82,96)56-33-37-58(38-34-56)90(98)78-22-10-4-16-66(78)72-50-86-74(48-84(72)90)68-18-6-12-24-80(68)92(86,100)60-30-26-54-44-62(94)40-28-52(54)42-60/h1-50,93-100H. The minimum absolute atomic E-state index is 0.169. The van der Waals surface area contributed by atoms with Gasteiger partial charge in [-0.2, -0.15) is 0 Å². The summed E-state index contributed by atoms with van der Waals surface area (Å²) in [5.74, 6) is 0.339. The smallest absolute Gasteiger partial charge is 0.141 e. The summed E-state index contributed by atoms with van der Waals surface area (Å²) in [6.07, 6.45) is 0. The third kappa shape index (κ3) is 7.03. The highest BCUT2D eigenvalue weighted by molar-refractivity contribution is 5.96. The zero-order valence-corrected chi connectivity index (χ0v) is 53.4. The van der Waals surface area contributed by atoms with Crippen molar-refractivity contribution in [3.63, 3.8) is 0 Å². The molecule has 6 atom stereocenters. The van der Waals surface area contributed by atoms with Crippen LogP contribution in [-0.4, -0.2) is 40.9 Å². The van der Waals surface area contributed by atoms with E-state index in [1.54, 1.807) is 24.3 Å². The summed E-state index contributed by atoms with van der Waals surface area (Å²) in [6.45, 7) is 0. The number of benzene rings is 15. The molecule has 15 aromatic rings. The van der Waals surface area contributed by atoms with Crippen LogP contribution in [0.2, 0.25) is 0 Å². The molecule has 0 saturated carbocycles. The molecule has 15 aromatic carbocycles. The molecule has 21 rings (SSSR count). The predicted molar refractivity (Wildman–Crippen MR) is 389 cm³/mol. The SMILES string of the molecule is Oc1ccc2cc(C3(O)c4ccccc4-c4cc5c(cc43)-c3ccccc3C5(O)c3ccc(C4(O)c5ccccc5-c5cc6c(cc54)-c4ccccc4C6(O)c4ccc(C5(O)c6ccccc6-c6cc7c(cc65)-c5ccccc5C7(O)c5ccc6cc(O)ccc6c5)cc4)cc3)ccc2c1. The molecule has 0 fully saturated rings. The summed E-state index contributed by atoms with van der Waals surface area (Å²) in [6, 6.07) is 97.1. The summed E-state index contributed by atoms with van der Waals surface area (Å²) < 4.78 is 0. The number of rotatable bonds is 6. The average molecular weight is 1290 g/mol. The second-order valence-electron chi connectivity index (χ2n) is 28.0. The van der Waals surface area contributed by atoms with Crippen LogP contribution in [0.25, 0.3) is 88.3 Å². The van der Waals surface area contributed by atoms with Crippen molar-refractivity contribution in [2.75, 3.05) is 0 Å². The number of aromatic hydroxyl groups is 2. The quantitative estimate of drug-likeness (QED) is 0.0816. The molecule has 0 aromatic heterocycles. The monoisotopic (exact) mass is 1290 g/mol. The van der Waals surface area contributed by atoms with Crippen molar-refractivity contribution in [2.24, 2.45) is 0 Å². The maximum Gasteiger partial charge on any atom is 0.141 e. The molecule has 0 spiro atoms. The summed E-state index contributed by atoms with van der Waals surface area (Å²) in [5.41, 5.74) is 12.2. The molecule has 0 saturated heterocycles. The lowest BCUT2D eigenvalue weighted by Gasteiger charge is -2.31. The Morgan fingerprint density at radius 3 is 0.560 bits per heavy atom. The molecule has 8 N–H and O–H groups in total. The maximum atomic E-state index is 13.9. The Morgan fingerprint density at radius 1 is 0.150 bits per heavy atom. The van der Waals surface area contributed by atoms with Gasteiger partial charge in [-0.1, -0.05) is 231 Å². The van der Waals surface area contributed by atoms with Crippen molar-refractivity contribution < 1.29 is 40.9 Å². The first kappa shape index (κ1) is 57.3. The predicted octanol–water partition coefficient (Wildman–Crippen LogP) is 17.0. The average Bonchev–Trinajstić information content (AvgIpc) is 1.53. The fraction of sp³-hybridized carbons (Fsp3) is 0.0652. The van der Waals surface area contributed by atoms with E-state index in [1.807, 2.05) is 279 Å². The number of aliphatic hydroxyl groups is 6. The van der Waals surface area contributed by atoms with E-state index in [9.17, 15) is 40.9 Å². The molecule has 0 aliphatic heterocycles. The second kappa shape index (κ2) is 19.5. The van der Waals surface area contributed by atoms with Crippen molar-refractivity contribution in [1.82, 2.24) is 0 Å². The van der Waals surface area contributed by atoms with E-state index in [4.69, 9.17) is 0 Å². The normalized spacial score (nSPS) is 22.2. The Kier molecular flexibility index (Phi) is 11.2. The molecular formula is C92H58O8. The van der Waals surface area contributed by atoms with Crippen LogP contribution < -0.4 is 0 Å². The van der Waals surface area contributed by atoms with E-state index in [-0.39, 0.29) is 11.5 Å². The van der Waals surface area contributed by atoms with Crippen LogP contribution in [0.5, 0.6) is 11.5 Å². The highest BCUT2D eigenvalue weighted by Crippen LogP contribution is 2.63.